The minimum Gasteiger partial charge on any atom is -0.355 e. The van der Waals surface area contributed by atoms with Crippen LogP contribution in [0.5, 0.6) is 0 Å². The molecule has 9 aromatic rings. The van der Waals surface area contributed by atoms with Gasteiger partial charge in [0.1, 0.15) is 0 Å². The highest BCUT2D eigenvalue weighted by atomic mass is 15.0. The van der Waals surface area contributed by atoms with E-state index in [2.05, 4.69) is 180 Å². The summed E-state index contributed by atoms with van der Waals surface area (Å²) >= 11 is 0. The Bertz CT molecular complexity index is 2740. The number of benzene rings is 8. The van der Waals surface area contributed by atoms with E-state index in [0.717, 1.165) is 39.3 Å². The van der Waals surface area contributed by atoms with Crippen LogP contribution in [0.3, 0.4) is 0 Å². The molecule has 52 heavy (non-hydrogen) atoms. The third-order valence-electron chi connectivity index (χ3n) is 9.83. The Kier molecular flexibility index (Phi) is 7.89. The number of para-hydroxylation sites is 1. The van der Waals surface area contributed by atoms with Gasteiger partial charge in [-0.15, -0.1) is 0 Å². The van der Waals surface area contributed by atoms with Crippen molar-refractivity contribution in [1.29, 1.82) is 5.26 Å². The Labute approximate surface area is 303 Å². The fourth-order valence-electron chi connectivity index (χ4n) is 7.23. The maximum atomic E-state index is 9.41. The van der Waals surface area contributed by atoms with Gasteiger partial charge < -0.3 is 9.88 Å². The molecule has 3 nitrogen and oxygen atoms in total. The lowest BCUT2D eigenvalue weighted by Crippen LogP contribution is -1.95. The van der Waals surface area contributed by atoms with Crippen molar-refractivity contribution >= 4 is 33.2 Å². The highest BCUT2D eigenvalue weighted by molar-refractivity contribution is 6.10. The Morgan fingerprint density at radius 2 is 0.962 bits per heavy atom. The first-order chi connectivity index (χ1) is 25.7. The van der Waals surface area contributed by atoms with E-state index in [-0.39, 0.29) is 0 Å². The van der Waals surface area contributed by atoms with Gasteiger partial charge in [0.05, 0.1) is 22.7 Å². The summed E-state index contributed by atoms with van der Waals surface area (Å²) in [7, 11) is 0. The predicted molar refractivity (Wildman–Crippen MR) is 217 cm³/mol. The van der Waals surface area contributed by atoms with E-state index in [9.17, 15) is 5.26 Å². The van der Waals surface area contributed by atoms with Gasteiger partial charge in [-0.1, -0.05) is 133 Å². The maximum Gasteiger partial charge on any atom is 0.0992 e. The monoisotopic (exact) mass is 663 g/mol. The summed E-state index contributed by atoms with van der Waals surface area (Å²) in [6.45, 7) is 0. The summed E-state index contributed by atoms with van der Waals surface area (Å²) in [5, 5.41) is 15.4. The molecule has 1 N–H and O–H groups in total. The predicted octanol–water partition coefficient (Wildman–Crippen LogP) is 13.1. The Morgan fingerprint density at radius 3 is 1.69 bits per heavy atom. The average molecular weight is 664 g/mol. The van der Waals surface area contributed by atoms with Crippen LogP contribution in [0.2, 0.25) is 0 Å². The first-order valence-corrected chi connectivity index (χ1v) is 17.5. The minimum atomic E-state index is 0.627. The van der Waals surface area contributed by atoms with Crippen molar-refractivity contribution in [2.24, 2.45) is 0 Å². The van der Waals surface area contributed by atoms with Gasteiger partial charge in [0.15, 0.2) is 0 Å². The van der Waals surface area contributed by atoms with Gasteiger partial charge in [-0.25, -0.2) is 0 Å². The zero-order chi connectivity index (χ0) is 34.9. The van der Waals surface area contributed by atoms with Crippen LogP contribution >= 0.6 is 0 Å². The lowest BCUT2D eigenvalue weighted by atomic mass is 9.95. The molecule has 1 heterocycles. The molecule has 0 aliphatic heterocycles. The fourth-order valence-corrected chi connectivity index (χ4v) is 7.23. The standard InChI is InChI=1S/C49H33N3/c50-33-34-10-9-15-42(30-34)51-47-28-24-40(31-45(47)39-13-5-2-6-14-39)37-18-20-38(21-19-37)41-25-29-49-46(32-41)44-16-7-8-17-48(44)52(49)43-26-22-36(23-27-43)35-11-3-1-4-12-35/h1-32,51H. The Morgan fingerprint density at radius 1 is 0.404 bits per heavy atom. The molecule has 0 saturated heterocycles. The first kappa shape index (κ1) is 30.9. The molecule has 244 valence electrons. The zero-order valence-electron chi connectivity index (χ0n) is 28.4. The normalized spacial score (nSPS) is 11.1. The molecule has 0 unspecified atom stereocenters. The van der Waals surface area contributed by atoms with E-state index in [1.807, 2.05) is 30.3 Å². The number of anilines is 2. The van der Waals surface area contributed by atoms with Gasteiger partial charge in [-0.05, 0) is 99.6 Å². The highest BCUT2D eigenvalue weighted by Crippen LogP contribution is 2.38. The average Bonchev–Trinajstić information content (AvgIpc) is 3.55. The number of nitrogens with zero attached hydrogens (tertiary/aromatic N) is 2. The van der Waals surface area contributed by atoms with Crippen molar-refractivity contribution < 1.29 is 0 Å². The summed E-state index contributed by atoms with van der Waals surface area (Å²) in [5.41, 5.74) is 15.3. The smallest absolute Gasteiger partial charge is 0.0992 e. The van der Waals surface area contributed by atoms with Gasteiger partial charge >= 0.3 is 0 Å². The molecule has 0 saturated carbocycles. The number of aromatic nitrogens is 1. The number of nitriles is 1. The van der Waals surface area contributed by atoms with Gasteiger partial charge in [-0.2, -0.15) is 5.26 Å². The molecule has 3 heteroatoms. The molecule has 1 aromatic heterocycles. The first-order valence-electron chi connectivity index (χ1n) is 17.5. The molecule has 8 aromatic carbocycles. The van der Waals surface area contributed by atoms with Gasteiger partial charge in [0.2, 0.25) is 0 Å². The largest absolute Gasteiger partial charge is 0.355 e. The number of fused-ring (bicyclic) bond motifs is 3. The molecule has 0 spiro atoms. The van der Waals surface area contributed by atoms with E-state index >= 15 is 0 Å². The summed E-state index contributed by atoms with van der Waals surface area (Å²) in [4.78, 5) is 0. The molecule has 0 atom stereocenters. The Hall–Kier alpha value is -7.15. The lowest BCUT2D eigenvalue weighted by Gasteiger charge is -2.15. The molecule has 0 radical (unpaired) electrons. The van der Waals surface area contributed by atoms with Crippen molar-refractivity contribution in [3.63, 3.8) is 0 Å². The van der Waals surface area contributed by atoms with Crippen molar-refractivity contribution in [2.45, 2.75) is 0 Å². The van der Waals surface area contributed by atoms with Crippen LogP contribution in [0, 0.1) is 11.3 Å². The van der Waals surface area contributed by atoms with E-state index < -0.39 is 0 Å². The third-order valence-corrected chi connectivity index (χ3v) is 9.83. The quantitative estimate of drug-likeness (QED) is 0.184. The highest BCUT2D eigenvalue weighted by Gasteiger charge is 2.14. The fraction of sp³-hybridized carbons (Fsp3) is 0. The second-order valence-corrected chi connectivity index (χ2v) is 13.0. The van der Waals surface area contributed by atoms with Crippen LogP contribution in [0.25, 0.3) is 72.0 Å². The second kappa shape index (κ2) is 13.3. The molecule has 9 rings (SSSR count). The van der Waals surface area contributed by atoms with E-state index in [1.54, 1.807) is 0 Å². The summed E-state index contributed by atoms with van der Waals surface area (Å²) in [6.07, 6.45) is 0. The summed E-state index contributed by atoms with van der Waals surface area (Å²) in [5.74, 6) is 0. The van der Waals surface area contributed by atoms with Crippen LogP contribution in [-0.4, -0.2) is 4.57 Å². The van der Waals surface area contributed by atoms with Gasteiger partial charge in [0, 0.05) is 33.4 Å². The SMILES string of the molecule is N#Cc1cccc(Nc2ccc(-c3ccc(-c4ccc5c(c4)c4ccccc4n5-c4ccc(-c5ccccc5)cc4)cc3)cc2-c2ccccc2)c1. The molecule has 0 fully saturated rings. The number of hydrogen-bond acceptors (Lipinski definition) is 2. The van der Waals surface area contributed by atoms with Crippen LogP contribution in [0.1, 0.15) is 5.56 Å². The second-order valence-electron chi connectivity index (χ2n) is 13.0. The van der Waals surface area contributed by atoms with E-state index in [0.29, 0.717) is 5.56 Å². The topological polar surface area (TPSA) is 40.8 Å². The van der Waals surface area contributed by atoms with Crippen LogP contribution < -0.4 is 5.32 Å². The Balaban J connectivity index is 1.05. The molecule has 0 amide bonds. The van der Waals surface area contributed by atoms with E-state index in [1.165, 1.54) is 44.1 Å². The molecule has 0 aliphatic rings. The lowest BCUT2D eigenvalue weighted by molar-refractivity contribution is 1.18. The molecule has 0 aliphatic carbocycles. The van der Waals surface area contributed by atoms with Gasteiger partial charge in [-0.3, -0.25) is 0 Å². The zero-order valence-corrected chi connectivity index (χ0v) is 28.4. The van der Waals surface area contributed by atoms with Crippen molar-refractivity contribution in [2.75, 3.05) is 5.32 Å². The molecular formula is C49H33N3. The van der Waals surface area contributed by atoms with E-state index in [4.69, 9.17) is 0 Å². The summed E-state index contributed by atoms with van der Waals surface area (Å²) in [6, 6.07) is 70.5. The maximum absolute atomic E-state index is 9.41. The van der Waals surface area contributed by atoms with Crippen LogP contribution in [0.4, 0.5) is 11.4 Å². The van der Waals surface area contributed by atoms with Crippen LogP contribution in [0.15, 0.2) is 194 Å². The minimum absolute atomic E-state index is 0.627. The van der Waals surface area contributed by atoms with Crippen molar-refractivity contribution in [1.82, 2.24) is 4.57 Å². The molecule has 0 bridgehead atoms. The van der Waals surface area contributed by atoms with Crippen molar-refractivity contribution in [3.05, 3.63) is 200 Å². The molecular weight excluding hydrogens is 631 g/mol. The number of hydrogen-bond donors (Lipinski definition) is 1. The third kappa shape index (κ3) is 5.79. The van der Waals surface area contributed by atoms with Crippen LogP contribution in [-0.2, 0) is 0 Å². The number of nitrogens with one attached hydrogen (secondary N) is 1. The van der Waals surface area contributed by atoms with Crippen molar-refractivity contribution in [3.8, 4) is 56.3 Å². The van der Waals surface area contributed by atoms with Gasteiger partial charge in [0.25, 0.3) is 0 Å². The summed E-state index contributed by atoms with van der Waals surface area (Å²) < 4.78 is 2.37. The number of rotatable bonds is 7.